The van der Waals surface area contributed by atoms with Gasteiger partial charge in [0.15, 0.2) is 5.82 Å². The number of carbonyl (C=O) groups is 1. The molecule has 0 atom stereocenters. The fraction of sp³-hybridized carbons (Fsp3) is 0.125. The number of hydrogen-bond donors (Lipinski definition) is 1. The number of aromatic nitrogens is 2. The Bertz CT molecular complexity index is 1070. The van der Waals surface area contributed by atoms with Crippen LogP contribution >= 0.6 is 11.3 Å². The lowest BCUT2D eigenvalue weighted by Crippen LogP contribution is -2.22. The van der Waals surface area contributed by atoms with Crippen LogP contribution in [-0.4, -0.2) is 22.9 Å². The van der Waals surface area contributed by atoms with Crippen molar-refractivity contribution in [2.75, 3.05) is 16.8 Å². The third-order valence-electron chi connectivity index (χ3n) is 4.71. The summed E-state index contributed by atoms with van der Waals surface area (Å²) in [6, 6.07) is 21.9. The highest BCUT2D eigenvalue weighted by Gasteiger charge is 2.14. The van der Waals surface area contributed by atoms with Gasteiger partial charge in [-0.2, -0.15) is 11.3 Å². The number of thiophene rings is 1. The number of carbonyl (C=O) groups excluding carboxylic acids is 1. The van der Waals surface area contributed by atoms with Crippen molar-refractivity contribution in [1.29, 1.82) is 0 Å². The zero-order valence-corrected chi connectivity index (χ0v) is 17.3. The minimum absolute atomic E-state index is 0.508. The molecule has 1 N–H and O–H groups in total. The minimum atomic E-state index is 0.508. The molecule has 0 saturated carbocycles. The van der Waals surface area contributed by atoms with Gasteiger partial charge in [0.1, 0.15) is 0 Å². The van der Waals surface area contributed by atoms with E-state index in [0.29, 0.717) is 18.9 Å². The number of amides is 1. The van der Waals surface area contributed by atoms with Gasteiger partial charge >= 0.3 is 0 Å². The number of nitrogens with one attached hydrogen (secondary N) is 1. The van der Waals surface area contributed by atoms with E-state index in [0.717, 1.165) is 41.0 Å². The summed E-state index contributed by atoms with van der Waals surface area (Å²) < 4.78 is 0. The first-order valence-electron chi connectivity index (χ1n) is 9.77. The highest BCUT2D eigenvalue weighted by atomic mass is 32.1. The lowest BCUT2D eigenvalue weighted by molar-refractivity contribution is -0.107. The zero-order chi connectivity index (χ0) is 20.6. The van der Waals surface area contributed by atoms with E-state index in [-0.39, 0.29) is 0 Å². The van der Waals surface area contributed by atoms with E-state index < -0.39 is 0 Å². The van der Waals surface area contributed by atoms with Crippen molar-refractivity contribution in [2.45, 2.75) is 13.0 Å². The van der Waals surface area contributed by atoms with Crippen LogP contribution < -0.4 is 10.2 Å². The topological polar surface area (TPSA) is 58.1 Å². The Morgan fingerprint density at radius 2 is 1.87 bits per heavy atom. The van der Waals surface area contributed by atoms with Crippen molar-refractivity contribution in [3.8, 4) is 11.3 Å². The number of pyridine rings is 2. The number of rotatable bonds is 9. The molecule has 30 heavy (non-hydrogen) atoms. The van der Waals surface area contributed by atoms with E-state index in [1.165, 1.54) is 0 Å². The number of nitrogens with zero attached hydrogens (tertiary/aromatic N) is 3. The van der Waals surface area contributed by atoms with Crippen LogP contribution in [0.2, 0.25) is 0 Å². The standard InChI is InChI=1S/C24H22N4OS/c29-18-28(16-19-12-15-30-17-19)23-10-9-22(20-6-2-1-3-7-20)27-24(23)26-14-11-21-8-4-5-13-25-21/h1-10,12-13,15,17-18H,11,14,16H2,(H,26,27). The molecular weight excluding hydrogens is 392 g/mol. The molecule has 150 valence electrons. The lowest BCUT2D eigenvalue weighted by atomic mass is 10.1. The van der Waals surface area contributed by atoms with Gasteiger partial charge in [-0.3, -0.25) is 9.78 Å². The van der Waals surface area contributed by atoms with Crippen LogP contribution in [0.15, 0.2) is 83.7 Å². The van der Waals surface area contributed by atoms with Crippen LogP contribution in [0.25, 0.3) is 11.3 Å². The fourth-order valence-electron chi connectivity index (χ4n) is 3.20. The predicted octanol–water partition coefficient (Wildman–Crippen LogP) is 5.02. The summed E-state index contributed by atoms with van der Waals surface area (Å²) >= 11 is 1.62. The Morgan fingerprint density at radius 1 is 1.00 bits per heavy atom. The summed E-state index contributed by atoms with van der Waals surface area (Å²) in [4.78, 5) is 22.8. The maximum atomic E-state index is 11.9. The third kappa shape index (κ3) is 4.90. The second-order valence-electron chi connectivity index (χ2n) is 6.79. The summed E-state index contributed by atoms with van der Waals surface area (Å²) in [5.41, 5.74) is 4.76. The second kappa shape index (κ2) is 9.80. The van der Waals surface area contributed by atoms with Crippen LogP contribution in [0.1, 0.15) is 11.3 Å². The molecule has 0 bridgehead atoms. The molecule has 0 spiro atoms. The van der Waals surface area contributed by atoms with E-state index in [1.807, 2.05) is 72.1 Å². The van der Waals surface area contributed by atoms with Crippen molar-refractivity contribution in [3.05, 3.63) is 94.9 Å². The molecule has 4 aromatic rings. The number of anilines is 2. The minimum Gasteiger partial charge on any atom is -0.368 e. The molecule has 4 rings (SSSR count). The Morgan fingerprint density at radius 3 is 2.60 bits per heavy atom. The maximum Gasteiger partial charge on any atom is 0.214 e. The average molecular weight is 415 g/mol. The largest absolute Gasteiger partial charge is 0.368 e. The molecule has 6 heteroatoms. The molecule has 3 aromatic heterocycles. The molecule has 0 saturated heterocycles. The Hall–Kier alpha value is -3.51. The molecule has 3 heterocycles. The fourth-order valence-corrected chi connectivity index (χ4v) is 3.86. The predicted molar refractivity (Wildman–Crippen MR) is 123 cm³/mol. The van der Waals surface area contributed by atoms with Gasteiger partial charge in [-0.05, 0) is 46.7 Å². The summed E-state index contributed by atoms with van der Waals surface area (Å²) in [5, 5.41) is 7.48. The highest BCUT2D eigenvalue weighted by Crippen LogP contribution is 2.29. The van der Waals surface area contributed by atoms with Crippen LogP contribution in [0.5, 0.6) is 0 Å². The molecular formula is C24H22N4OS. The van der Waals surface area contributed by atoms with Crippen LogP contribution in [0, 0.1) is 0 Å². The quantitative estimate of drug-likeness (QED) is 0.391. The number of benzene rings is 1. The van der Waals surface area contributed by atoms with Crippen molar-refractivity contribution in [2.24, 2.45) is 0 Å². The number of hydrogen-bond acceptors (Lipinski definition) is 5. The summed E-state index contributed by atoms with van der Waals surface area (Å²) in [6.07, 6.45) is 3.42. The maximum absolute atomic E-state index is 11.9. The molecule has 0 aliphatic rings. The van der Waals surface area contributed by atoms with E-state index in [9.17, 15) is 4.79 Å². The summed E-state index contributed by atoms with van der Waals surface area (Å²) in [5.74, 6) is 0.689. The third-order valence-corrected chi connectivity index (χ3v) is 5.44. The normalized spacial score (nSPS) is 10.5. The molecule has 0 aliphatic carbocycles. The van der Waals surface area contributed by atoms with E-state index >= 15 is 0 Å². The van der Waals surface area contributed by atoms with Gasteiger partial charge in [-0.1, -0.05) is 36.4 Å². The van der Waals surface area contributed by atoms with Gasteiger partial charge < -0.3 is 10.2 Å². The average Bonchev–Trinajstić information content (AvgIpc) is 3.32. The first-order valence-corrected chi connectivity index (χ1v) is 10.7. The van der Waals surface area contributed by atoms with Crippen molar-refractivity contribution < 1.29 is 4.79 Å². The van der Waals surface area contributed by atoms with E-state index in [1.54, 1.807) is 22.4 Å². The summed E-state index contributed by atoms with van der Waals surface area (Å²) in [7, 11) is 0. The van der Waals surface area contributed by atoms with Gasteiger partial charge in [0.25, 0.3) is 0 Å². The van der Waals surface area contributed by atoms with Gasteiger partial charge in [0.2, 0.25) is 6.41 Å². The molecule has 0 fully saturated rings. The molecule has 0 aliphatic heterocycles. The van der Waals surface area contributed by atoms with Crippen molar-refractivity contribution in [1.82, 2.24) is 9.97 Å². The van der Waals surface area contributed by atoms with Gasteiger partial charge in [-0.25, -0.2) is 4.98 Å². The zero-order valence-electron chi connectivity index (χ0n) is 16.4. The Labute approximate surface area is 180 Å². The van der Waals surface area contributed by atoms with Gasteiger partial charge in [0, 0.05) is 30.4 Å². The second-order valence-corrected chi connectivity index (χ2v) is 7.57. The SMILES string of the molecule is O=CN(Cc1ccsc1)c1ccc(-c2ccccc2)nc1NCCc1ccccn1. The lowest BCUT2D eigenvalue weighted by Gasteiger charge is -2.21. The monoisotopic (exact) mass is 414 g/mol. The van der Waals surface area contributed by atoms with Crippen molar-refractivity contribution >= 4 is 29.3 Å². The smallest absolute Gasteiger partial charge is 0.214 e. The Kier molecular flexibility index (Phi) is 6.47. The van der Waals surface area contributed by atoms with Crippen LogP contribution in [-0.2, 0) is 17.8 Å². The van der Waals surface area contributed by atoms with Crippen molar-refractivity contribution in [3.63, 3.8) is 0 Å². The molecule has 0 unspecified atom stereocenters. The van der Waals surface area contributed by atoms with Crippen LogP contribution in [0.4, 0.5) is 11.5 Å². The van der Waals surface area contributed by atoms with E-state index in [2.05, 4.69) is 15.7 Å². The molecule has 5 nitrogen and oxygen atoms in total. The summed E-state index contributed by atoms with van der Waals surface area (Å²) in [6.45, 7) is 1.18. The first-order chi connectivity index (χ1) is 14.8. The van der Waals surface area contributed by atoms with Crippen LogP contribution in [0.3, 0.4) is 0 Å². The Balaban J connectivity index is 1.60. The molecule has 1 amide bonds. The van der Waals surface area contributed by atoms with E-state index in [4.69, 9.17) is 4.98 Å². The molecule has 1 aromatic carbocycles. The first kappa shape index (κ1) is 19.8. The van der Waals surface area contributed by atoms with Gasteiger partial charge in [0.05, 0.1) is 17.9 Å². The molecule has 0 radical (unpaired) electrons. The van der Waals surface area contributed by atoms with Gasteiger partial charge in [-0.15, -0.1) is 0 Å². The highest BCUT2D eigenvalue weighted by molar-refractivity contribution is 7.07.